The van der Waals surface area contributed by atoms with Crippen molar-refractivity contribution in [1.29, 1.82) is 0 Å². The Balaban J connectivity index is 0.000000174. The molecule has 4 heteroatoms. The molecule has 124 valence electrons. The summed E-state index contributed by atoms with van der Waals surface area (Å²) in [6.07, 6.45) is 0. The second kappa shape index (κ2) is 9.21. The molecule has 0 aliphatic carbocycles. The van der Waals surface area contributed by atoms with Crippen molar-refractivity contribution in [2.45, 2.75) is 0 Å². The molecule has 3 aromatic carbocycles. The SMILES string of the molecule is COc1cc(Cl)c(OC)cc1Cl.c1ccc(-c2ccccc2)cc1. The third kappa shape index (κ3) is 4.92. The predicted octanol–water partition coefficient (Wildman–Crippen LogP) is 6.36. The van der Waals surface area contributed by atoms with Gasteiger partial charge in [-0.3, -0.25) is 0 Å². The topological polar surface area (TPSA) is 18.5 Å². The lowest BCUT2D eigenvalue weighted by Crippen LogP contribution is -1.88. The average Bonchev–Trinajstić information content (AvgIpc) is 2.65. The number of hydrogen-bond acceptors (Lipinski definition) is 2. The van der Waals surface area contributed by atoms with Gasteiger partial charge in [-0.1, -0.05) is 83.9 Å². The first kappa shape index (κ1) is 18.2. The fourth-order valence-corrected chi connectivity index (χ4v) is 2.55. The number of rotatable bonds is 3. The highest BCUT2D eigenvalue weighted by Crippen LogP contribution is 2.35. The Hall–Kier alpha value is -2.16. The van der Waals surface area contributed by atoms with Gasteiger partial charge in [0.25, 0.3) is 0 Å². The fourth-order valence-electron chi connectivity index (χ4n) is 2.08. The molecule has 0 amide bonds. The highest BCUT2D eigenvalue weighted by molar-refractivity contribution is 6.35. The van der Waals surface area contributed by atoms with Gasteiger partial charge in [0.15, 0.2) is 0 Å². The van der Waals surface area contributed by atoms with E-state index in [1.54, 1.807) is 12.1 Å². The van der Waals surface area contributed by atoms with Gasteiger partial charge in [-0.05, 0) is 11.1 Å². The number of ether oxygens (including phenoxy) is 2. The zero-order chi connectivity index (χ0) is 17.4. The monoisotopic (exact) mass is 360 g/mol. The molecular formula is C20H18Cl2O2. The van der Waals surface area contributed by atoms with E-state index in [0.717, 1.165) is 0 Å². The number of methoxy groups -OCH3 is 2. The Kier molecular flexibility index (Phi) is 6.98. The van der Waals surface area contributed by atoms with E-state index in [-0.39, 0.29) is 0 Å². The number of halogens is 2. The molecule has 3 aromatic rings. The van der Waals surface area contributed by atoms with Crippen molar-refractivity contribution in [3.05, 3.63) is 82.8 Å². The minimum Gasteiger partial charge on any atom is -0.495 e. The molecule has 0 radical (unpaired) electrons. The molecule has 0 saturated carbocycles. The van der Waals surface area contributed by atoms with E-state index < -0.39 is 0 Å². The molecule has 0 bridgehead atoms. The third-order valence-corrected chi connectivity index (χ3v) is 3.90. The molecule has 3 rings (SSSR count). The van der Waals surface area contributed by atoms with Crippen LogP contribution in [0.1, 0.15) is 0 Å². The van der Waals surface area contributed by atoms with Crippen molar-refractivity contribution in [3.8, 4) is 22.6 Å². The molecule has 0 aliphatic heterocycles. The van der Waals surface area contributed by atoms with Crippen molar-refractivity contribution < 1.29 is 9.47 Å². The zero-order valence-corrected chi connectivity index (χ0v) is 15.0. The second-order valence-electron chi connectivity index (χ2n) is 4.85. The molecule has 0 unspecified atom stereocenters. The minimum atomic E-state index is 0.485. The molecule has 0 atom stereocenters. The van der Waals surface area contributed by atoms with E-state index in [1.165, 1.54) is 25.3 Å². The number of hydrogen-bond donors (Lipinski definition) is 0. The van der Waals surface area contributed by atoms with Crippen molar-refractivity contribution in [2.24, 2.45) is 0 Å². The van der Waals surface area contributed by atoms with Crippen LogP contribution in [0, 0.1) is 0 Å². The van der Waals surface area contributed by atoms with E-state index >= 15 is 0 Å². The summed E-state index contributed by atoms with van der Waals surface area (Å²) < 4.78 is 9.91. The molecule has 0 fully saturated rings. The van der Waals surface area contributed by atoms with E-state index in [9.17, 15) is 0 Å². The van der Waals surface area contributed by atoms with Gasteiger partial charge in [0.2, 0.25) is 0 Å². The van der Waals surface area contributed by atoms with Gasteiger partial charge in [-0.25, -0.2) is 0 Å². The summed E-state index contributed by atoms with van der Waals surface area (Å²) in [4.78, 5) is 0. The van der Waals surface area contributed by atoms with Crippen LogP contribution in [0.2, 0.25) is 10.0 Å². The van der Waals surface area contributed by atoms with E-state index in [1.807, 2.05) is 12.1 Å². The normalized spacial score (nSPS) is 9.67. The Bertz CT molecular complexity index is 692. The van der Waals surface area contributed by atoms with Crippen LogP contribution < -0.4 is 9.47 Å². The maximum absolute atomic E-state index is 5.82. The molecular weight excluding hydrogens is 343 g/mol. The Morgan fingerprint density at radius 1 is 0.583 bits per heavy atom. The standard InChI is InChI=1S/C12H10.C8H8Cl2O2/c1-3-7-11(8-4-1)12-9-5-2-6-10-12;1-11-7-3-6(10)8(12-2)4-5(7)9/h1-10H;3-4H,1-2H3. The smallest absolute Gasteiger partial charge is 0.139 e. The molecule has 0 N–H and O–H groups in total. The average molecular weight is 361 g/mol. The van der Waals surface area contributed by atoms with Crippen LogP contribution >= 0.6 is 23.2 Å². The van der Waals surface area contributed by atoms with Crippen molar-refractivity contribution in [1.82, 2.24) is 0 Å². The fraction of sp³-hybridized carbons (Fsp3) is 0.100. The predicted molar refractivity (Wildman–Crippen MR) is 101 cm³/mol. The van der Waals surface area contributed by atoms with Crippen LogP contribution in [0.15, 0.2) is 72.8 Å². The minimum absolute atomic E-state index is 0.485. The lowest BCUT2D eigenvalue weighted by atomic mass is 10.1. The third-order valence-electron chi connectivity index (χ3n) is 3.31. The summed E-state index contributed by atoms with van der Waals surface area (Å²) in [5, 5.41) is 0.970. The van der Waals surface area contributed by atoms with Gasteiger partial charge in [0, 0.05) is 12.1 Å². The van der Waals surface area contributed by atoms with Crippen LogP contribution in [0.3, 0.4) is 0 Å². The zero-order valence-electron chi connectivity index (χ0n) is 13.5. The largest absolute Gasteiger partial charge is 0.495 e. The Morgan fingerprint density at radius 2 is 0.917 bits per heavy atom. The van der Waals surface area contributed by atoms with Crippen LogP contribution in [-0.4, -0.2) is 14.2 Å². The van der Waals surface area contributed by atoms with E-state index in [2.05, 4.69) is 48.5 Å². The highest BCUT2D eigenvalue weighted by atomic mass is 35.5. The summed E-state index contributed by atoms with van der Waals surface area (Å²) in [5.41, 5.74) is 2.55. The van der Waals surface area contributed by atoms with E-state index in [4.69, 9.17) is 32.7 Å². The number of benzene rings is 3. The maximum Gasteiger partial charge on any atom is 0.139 e. The molecule has 0 aromatic heterocycles. The molecule has 24 heavy (non-hydrogen) atoms. The van der Waals surface area contributed by atoms with Gasteiger partial charge in [-0.15, -0.1) is 0 Å². The summed E-state index contributed by atoms with van der Waals surface area (Å²) in [6.45, 7) is 0. The Morgan fingerprint density at radius 3 is 1.21 bits per heavy atom. The van der Waals surface area contributed by atoms with Crippen LogP contribution in [0.4, 0.5) is 0 Å². The van der Waals surface area contributed by atoms with Crippen LogP contribution in [0.25, 0.3) is 11.1 Å². The first-order valence-corrected chi connectivity index (χ1v) is 8.08. The lowest BCUT2D eigenvalue weighted by molar-refractivity contribution is 0.403. The highest BCUT2D eigenvalue weighted by Gasteiger charge is 2.06. The van der Waals surface area contributed by atoms with Crippen molar-refractivity contribution in [2.75, 3.05) is 14.2 Å². The summed E-state index contributed by atoms with van der Waals surface area (Å²) in [6, 6.07) is 24.0. The van der Waals surface area contributed by atoms with Crippen molar-refractivity contribution >= 4 is 23.2 Å². The first-order chi connectivity index (χ1) is 11.7. The maximum atomic E-state index is 5.82. The van der Waals surface area contributed by atoms with Gasteiger partial charge in [-0.2, -0.15) is 0 Å². The van der Waals surface area contributed by atoms with Crippen LogP contribution in [0.5, 0.6) is 11.5 Å². The van der Waals surface area contributed by atoms with Crippen LogP contribution in [-0.2, 0) is 0 Å². The first-order valence-electron chi connectivity index (χ1n) is 7.33. The summed E-state index contributed by atoms with van der Waals surface area (Å²) >= 11 is 11.6. The summed E-state index contributed by atoms with van der Waals surface area (Å²) in [7, 11) is 3.06. The molecule has 0 spiro atoms. The molecule has 2 nitrogen and oxygen atoms in total. The second-order valence-corrected chi connectivity index (χ2v) is 5.67. The lowest BCUT2D eigenvalue weighted by Gasteiger charge is -2.06. The molecule has 0 heterocycles. The van der Waals surface area contributed by atoms with Gasteiger partial charge < -0.3 is 9.47 Å². The quantitative estimate of drug-likeness (QED) is 0.540. The van der Waals surface area contributed by atoms with E-state index in [0.29, 0.717) is 21.5 Å². The van der Waals surface area contributed by atoms with Gasteiger partial charge in [0.05, 0.1) is 24.3 Å². The molecule has 0 aliphatic rings. The van der Waals surface area contributed by atoms with Crippen molar-refractivity contribution in [3.63, 3.8) is 0 Å². The molecule has 0 saturated heterocycles. The van der Waals surface area contributed by atoms with Gasteiger partial charge >= 0.3 is 0 Å². The summed E-state index contributed by atoms with van der Waals surface area (Å²) in [5.74, 6) is 1.09. The van der Waals surface area contributed by atoms with Gasteiger partial charge in [0.1, 0.15) is 11.5 Å². The Labute approximate surface area is 152 Å².